The minimum atomic E-state index is 0.879. The maximum absolute atomic E-state index is 5.16. The van der Waals surface area contributed by atoms with Gasteiger partial charge >= 0.3 is 0 Å². The first kappa shape index (κ1) is 15.7. The third-order valence-corrected chi connectivity index (χ3v) is 6.91. The van der Waals surface area contributed by atoms with Crippen LogP contribution in [-0.4, -0.2) is 19.4 Å². The summed E-state index contributed by atoms with van der Waals surface area (Å²) in [5.74, 6) is 0. The molecule has 0 atom stereocenters. The van der Waals surface area contributed by atoms with Gasteiger partial charge in [-0.15, -0.1) is 0 Å². The molecule has 2 aliphatic rings. The van der Waals surface area contributed by atoms with Gasteiger partial charge in [0, 0.05) is 29.8 Å². The van der Waals surface area contributed by atoms with Crippen LogP contribution in [0.15, 0.2) is 73.1 Å². The molecular weight excluding hydrogens is 380 g/mol. The van der Waals surface area contributed by atoms with Gasteiger partial charge in [0.2, 0.25) is 0 Å². The third kappa shape index (κ3) is 1.88. The van der Waals surface area contributed by atoms with E-state index in [1.807, 2.05) is 24.5 Å². The first-order valence-corrected chi connectivity index (χ1v) is 10.6. The number of fused-ring (bicyclic) bond motifs is 13. The molecule has 0 fully saturated rings. The Labute approximate surface area is 177 Å². The molecule has 31 heavy (non-hydrogen) atoms. The molecule has 4 nitrogen and oxygen atoms in total. The first-order chi connectivity index (χ1) is 15.4. The zero-order chi connectivity index (χ0) is 20.1. The normalized spacial score (nSPS) is 13.5. The molecular formula is C27H16N4. The summed E-state index contributed by atoms with van der Waals surface area (Å²) >= 11 is 0. The summed E-state index contributed by atoms with van der Waals surface area (Å²) in [7, 11) is 0. The van der Waals surface area contributed by atoms with Crippen molar-refractivity contribution in [2.24, 2.45) is 0 Å². The molecule has 2 aromatic carbocycles. The number of imidazole rings is 1. The van der Waals surface area contributed by atoms with Crippen LogP contribution in [0.4, 0.5) is 0 Å². The number of benzene rings is 2. The molecule has 6 aromatic rings. The lowest BCUT2D eigenvalue weighted by Crippen LogP contribution is -1.98. The minimum absolute atomic E-state index is 0.879. The summed E-state index contributed by atoms with van der Waals surface area (Å²) in [6.07, 6.45) is 5.58. The van der Waals surface area contributed by atoms with Crippen molar-refractivity contribution in [3.8, 4) is 22.4 Å². The number of nitrogens with zero attached hydrogens (tertiary/aromatic N) is 4. The molecule has 0 bridgehead atoms. The van der Waals surface area contributed by atoms with Crippen molar-refractivity contribution >= 4 is 27.6 Å². The van der Waals surface area contributed by atoms with E-state index in [4.69, 9.17) is 9.97 Å². The van der Waals surface area contributed by atoms with E-state index in [2.05, 4.69) is 57.9 Å². The Morgan fingerprint density at radius 2 is 1.48 bits per heavy atom. The second-order valence-electron chi connectivity index (χ2n) is 8.51. The van der Waals surface area contributed by atoms with Crippen molar-refractivity contribution < 1.29 is 0 Å². The Hall–Kier alpha value is -4.05. The second kappa shape index (κ2) is 5.35. The molecule has 2 aliphatic carbocycles. The van der Waals surface area contributed by atoms with E-state index in [-0.39, 0.29) is 0 Å². The average molecular weight is 396 g/mol. The van der Waals surface area contributed by atoms with E-state index in [9.17, 15) is 0 Å². The SMILES string of the molecule is c1ccc2c(c1)Cc1cc3c(cc1-2)Cc1c-3nc2c3ncccc3c3ncccc3n12. The summed E-state index contributed by atoms with van der Waals surface area (Å²) in [6.45, 7) is 0. The maximum atomic E-state index is 5.16. The Morgan fingerprint density at radius 3 is 2.45 bits per heavy atom. The summed E-state index contributed by atoms with van der Waals surface area (Å²) in [5.41, 5.74) is 14.5. The van der Waals surface area contributed by atoms with Crippen LogP contribution in [0.3, 0.4) is 0 Å². The van der Waals surface area contributed by atoms with Crippen molar-refractivity contribution in [2.45, 2.75) is 12.8 Å². The molecule has 0 radical (unpaired) electrons. The van der Waals surface area contributed by atoms with E-state index in [1.165, 1.54) is 39.1 Å². The molecule has 8 rings (SSSR count). The van der Waals surface area contributed by atoms with E-state index in [1.54, 1.807) is 0 Å². The molecule has 0 amide bonds. The van der Waals surface area contributed by atoms with Crippen LogP contribution in [0.25, 0.3) is 50.0 Å². The van der Waals surface area contributed by atoms with Gasteiger partial charge in [0.05, 0.1) is 22.4 Å². The number of hydrogen-bond donors (Lipinski definition) is 0. The maximum Gasteiger partial charge on any atom is 0.164 e. The molecule has 0 N–H and O–H groups in total. The number of hydrogen-bond acceptors (Lipinski definition) is 3. The lowest BCUT2D eigenvalue weighted by molar-refractivity contribution is 1.09. The summed E-state index contributed by atoms with van der Waals surface area (Å²) in [5, 5.41) is 1.05. The van der Waals surface area contributed by atoms with Crippen LogP contribution >= 0.6 is 0 Å². The van der Waals surface area contributed by atoms with Crippen LogP contribution in [-0.2, 0) is 12.8 Å². The molecule has 4 heterocycles. The molecule has 0 spiro atoms. The molecule has 4 heteroatoms. The predicted molar refractivity (Wildman–Crippen MR) is 122 cm³/mol. The van der Waals surface area contributed by atoms with Gasteiger partial charge in [-0.3, -0.25) is 14.4 Å². The van der Waals surface area contributed by atoms with Crippen LogP contribution in [0.2, 0.25) is 0 Å². The summed E-state index contributed by atoms with van der Waals surface area (Å²) in [4.78, 5) is 14.6. The predicted octanol–water partition coefficient (Wildman–Crippen LogP) is 5.57. The standard InChI is InChI=1S/C27H16N4/c1-2-6-18-15(5-1)11-16-13-21-17(12-20(16)18)14-23-25(21)30-27-26-19(7-3-9-29-26)24-22(31(23)27)8-4-10-28-24/h1-10,12-13H,11,14H2. The van der Waals surface area contributed by atoms with Crippen LogP contribution < -0.4 is 0 Å². The average Bonchev–Trinajstić information content (AvgIpc) is 3.47. The van der Waals surface area contributed by atoms with Gasteiger partial charge in [-0.05, 0) is 70.6 Å². The van der Waals surface area contributed by atoms with Crippen LogP contribution in [0.1, 0.15) is 22.4 Å². The fourth-order valence-corrected chi connectivity index (χ4v) is 5.59. The Kier molecular flexibility index (Phi) is 2.72. The van der Waals surface area contributed by atoms with Gasteiger partial charge in [-0.25, -0.2) is 4.98 Å². The number of pyridine rings is 3. The number of aromatic nitrogens is 4. The molecule has 144 valence electrons. The highest BCUT2D eigenvalue weighted by Crippen LogP contribution is 2.45. The molecule has 4 aromatic heterocycles. The topological polar surface area (TPSA) is 43.1 Å². The van der Waals surface area contributed by atoms with Gasteiger partial charge in [0.1, 0.15) is 5.52 Å². The van der Waals surface area contributed by atoms with Crippen molar-refractivity contribution in [3.05, 3.63) is 95.4 Å². The highest BCUT2D eigenvalue weighted by atomic mass is 15.1. The van der Waals surface area contributed by atoms with Gasteiger partial charge < -0.3 is 0 Å². The number of rotatable bonds is 0. The van der Waals surface area contributed by atoms with Gasteiger partial charge in [-0.1, -0.05) is 24.3 Å². The lowest BCUT2D eigenvalue weighted by Gasteiger charge is -2.09. The van der Waals surface area contributed by atoms with Crippen LogP contribution in [0.5, 0.6) is 0 Å². The van der Waals surface area contributed by atoms with Crippen molar-refractivity contribution in [3.63, 3.8) is 0 Å². The molecule has 0 unspecified atom stereocenters. The van der Waals surface area contributed by atoms with Crippen molar-refractivity contribution in [1.82, 2.24) is 19.4 Å². The quantitative estimate of drug-likeness (QED) is 0.315. The molecule has 0 aliphatic heterocycles. The van der Waals surface area contributed by atoms with E-state index in [0.717, 1.165) is 46.1 Å². The van der Waals surface area contributed by atoms with Gasteiger partial charge in [0.15, 0.2) is 5.65 Å². The lowest BCUT2D eigenvalue weighted by atomic mass is 9.99. The summed E-state index contributed by atoms with van der Waals surface area (Å²) < 4.78 is 2.28. The van der Waals surface area contributed by atoms with E-state index in [0.29, 0.717) is 0 Å². The fraction of sp³-hybridized carbons (Fsp3) is 0.0741. The van der Waals surface area contributed by atoms with Gasteiger partial charge in [-0.2, -0.15) is 0 Å². The van der Waals surface area contributed by atoms with Crippen LogP contribution in [0, 0.1) is 0 Å². The van der Waals surface area contributed by atoms with Gasteiger partial charge in [0.25, 0.3) is 0 Å². The smallest absolute Gasteiger partial charge is 0.164 e. The third-order valence-electron chi connectivity index (χ3n) is 6.91. The van der Waals surface area contributed by atoms with Crippen molar-refractivity contribution in [2.75, 3.05) is 0 Å². The zero-order valence-corrected chi connectivity index (χ0v) is 16.6. The fourth-order valence-electron chi connectivity index (χ4n) is 5.59. The van der Waals surface area contributed by atoms with Crippen molar-refractivity contribution in [1.29, 1.82) is 0 Å². The van der Waals surface area contributed by atoms with E-state index >= 15 is 0 Å². The highest BCUT2D eigenvalue weighted by Gasteiger charge is 2.30. The molecule has 0 saturated carbocycles. The van der Waals surface area contributed by atoms with E-state index < -0.39 is 0 Å². The zero-order valence-electron chi connectivity index (χ0n) is 16.6. The highest BCUT2D eigenvalue weighted by molar-refractivity contribution is 6.08. The molecule has 0 saturated heterocycles. The first-order valence-electron chi connectivity index (χ1n) is 10.6. The minimum Gasteiger partial charge on any atom is -0.292 e. The summed E-state index contributed by atoms with van der Waals surface area (Å²) in [6, 6.07) is 21.7. The second-order valence-corrected chi connectivity index (χ2v) is 8.51. The monoisotopic (exact) mass is 396 g/mol. The Bertz CT molecular complexity index is 1740. The largest absolute Gasteiger partial charge is 0.292 e. The Morgan fingerprint density at radius 1 is 0.677 bits per heavy atom. The Balaban J connectivity index is 1.46.